The maximum absolute atomic E-state index is 12.4. The number of aromatic amines is 1. The fourth-order valence-corrected chi connectivity index (χ4v) is 3.99. The van der Waals surface area contributed by atoms with Crippen molar-refractivity contribution in [2.45, 2.75) is 11.9 Å². The Morgan fingerprint density at radius 2 is 1.84 bits per heavy atom. The van der Waals surface area contributed by atoms with Gasteiger partial charge in [-0.2, -0.15) is 0 Å². The highest BCUT2D eigenvalue weighted by Crippen LogP contribution is 2.36. The molecule has 9 heteroatoms. The van der Waals surface area contributed by atoms with Crippen LogP contribution in [-0.4, -0.2) is 47.4 Å². The second-order valence-corrected chi connectivity index (χ2v) is 7.54. The van der Waals surface area contributed by atoms with Crippen LogP contribution in [0.5, 0.6) is 17.2 Å². The number of amides is 1. The van der Waals surface area contributed by atoms with E-state index in [0.717, 1.165) is 27.7 Å². The average molecular weight is 439 g/mol. The van der Waals surface area contributed by atoms with Crippen molar-refractivity contribution in [1.82, 2.24) is 15.0 Å². The number of methoxy groups -OCH3 is 2. The van der Waals surface area contributed by atoms with Gasteiger partial charge in [0.2, 0.25) is 5.91 Å². The van der Waals surface area contributed by atoms with Gasteiger partial charge in [0.15, 0.2) is 11.5 Å². The minimum atomic E-state index is -0.125. The van der Waals surface area contributed by atoms with Gasteiger partial charge in [0.05, 0.1) is 37.6 Å². The highest BCUT2D eigenvalue weighted by molar-refractivity contribution is 8.00. The summed E-state index contributed by atoms with van der Waals surface area (Å²) in [6.45, 7) is 2.53. The Labute approximate surface area is 183 Å². The summed E-state index contributed by atoms with van der Waals surface area (Å²) >= 11 is 1.34. The molecule has 0 aliphatic rings. The Bertz CT molecular complexity index is 1220. The van der Waals surface area contributed by atoms with Crippen LogP contribution in [0.4, 0.5) is 5.69 Å². The highest BCUT2D eigenvalue weighted by atomic mass is 32.2. The van der Waals surface area contributed by atoms with Gasteiger partial charge in [0, 0.05) is 17.1 Å². The molecule has 1 amide bonds. The molecule has 2 aromatic carbocycles. The summed E-state index contributed by atoms with van der Waals surface area (Å²) in [4.78, 5) is 24.5. The molecule has 0 aliphatic carbocycles. The number of thioether (sulfide) groups is 1. The summed E-state index contributed by atoms with van der Waals surface area (Å²) < 4.78 is 16.2. The smallest absolute Gasteiger partial charge is 0.234 e. The number of ether oxygens (including phenoxy) is 3. The first-order valence-electron chi connectivity index (χ1n) is 9.66. The summed E-state index contributed by atoms with van der Waals surface area (Å²) in [5, 5.41) is 4.48. The van der Waals surface area contributed by atoms with Gasteiger partial charge in [-0.25, -0.2) is 9.97 Å². The first-order valence-corrected chi connectivity index (χ1v) is 10.7. The predicted octanol–water partition coefficient (Wildman–Crippen LogP) is 4.26. The maximum Gasteiger partial charge on any atom is 0.234 e. The zero-order valence-electron chi connectivity index (χ0n) is 17.4. The monoisotopic (exact) mass is 438 g/mol. The van der Waals surface area contributed by atoms with E-state index in [4.69, 9.17) is 14.2 Å². The molecule has 0 atom stereocenters. The number of hydrogen-bond acceptors (Lipinski definition) is 7. The number of rotatable bonds is 8. The van der Waals surface area contributed by atoms with E-state index in [1.54, 1.807) is 14.2 Å². The lowest BCUT2D eigenvalue weighted by atomic mass is 10.2. The molecule has 2 aromatic heterocycles. The molecule has 0 bridgehead atoms. The zero-order chi connectivity index (χ0) is 21.8. The van der Waals surface area contributed by atoms with Crippen molar-refractivity contribution in [3.63, 3.8) is 0 Å². The largest absolute Gasteiger partial charge is 0.494 e. The van der Waals surface area contributed by atoms with Crippen molar-refractivity contribution >= 4 is 45.3 Å². The Balaban J connectivity index is 1.52. The first kappa shape index (κ1) is 20.8. The Hall–Kier alpha value is -3.46. The van der Waals surface area contributed by atoms with Gasteiger partial charge in [-0.15, -0.1) is 0 Å². The van der Waals surface area contributed by atoms with Crippen LogP contribution in [-0.2, 0) is 4.79 Å². The van der Waals surface area contributed by atoms with E-state index in [0.29, 0.717) is 28.8 Å². The van der Waals surface area contributed by atoms with Gasteiger partial charge in [-0.05, 0) is 37.3 Å². The minimum absolute atomic E-state index is 0.125. The molecule has 4 aromatic rings. The number of benzene rings is 2. The molecule has 4 rings (SSSR count). The fourth-order valence-electron chi connectivity index (χ4n) is 3.24. The molecule has 0 fully saturated rings. The molecule has 0 spiro atoms. The number of anilines is 1. The van der Waals surface area contributed by atoms with Crippen LogP contribution in [0.2, 0.25) is 0 Å². The highest BCUT2D eigenvalue weighted by Gasteiger charge is 2.15. The minimum Gasteiger partial charge on any atom is -0.494 e. The molecule has 0 aliphatic heterocycles. The van der Waals surface area contributed by atoms with Crippen LogP contribution in [0.15, 0.2) is 47.8 Å². The Morgan fingerprint density at radius 3 is 2.55 bits per heavy atom. The average Bonchev–Trinajstić information content (AvgIpc) is 3.16. The number of carbonyl (C=O) groups is 1. The van der Waals surface area contributed by atoms with Gasteiger partial charge in [-0.1, -0.05) is 11.8 Å². The maximum atomic E-state index is 12.4. The molecular formula is C22H22N4O4S. The Kier molecular flexibility index (Phi) is 6.13. The second kappa shape index (κ2) is 9.13. The van der Waals surface area contributed by atoms with Gasteiger partial charge < -0.3 is 24.5 Å². The normalized spacial score (nSPS) is 10.9. The molecule has 0 saturated heterocycles. The number of H-pyrrole nitrogens is 1. The van der Waals surface area contributed by atoms with Crippen molar-refractivity contribution in [3.05, 3.63) is 42.7 Å². The van der Waals surface area contributed by atoms with E-state index < -0.39 is 0 Å². The van der Waals surface area contributed by atoms with Crippen LogP contribution < -0.4 is 19.5 Å². The van der Waals surface area contributed by atoms with E-state index in [9.17, 15) is 4.79 Å². The number of fused-ring (bicyclic) bond motifs is 3. The lowest BCUT2D eigenvalue weighted by Crippen LogP contribution is -2.14. The summed E-state index contributed by atoms with van der Waals surface area (Å²) in [6.07, 6.45) is 1.50. The second-order valence-electron chi connectivity index (χ2n) is 6.57. The summed E-state index contributed by atoms with van der Waals surface area (Å²) in [5.41, 5.74) is 3.10. The molecule has 2 N–H and O–H groups in total. The number of hydrogen-bond donors (Lipinski definition) is 2. The van der Waals surface area contributed by atoms with Gasteiger partial charge in [0.25, 0.3) is 0 Å². The standard InChI is InChI=1S/C22H22N4O4S/c1-4-30-14-7-5-13(6-8-14)25-19(27)11-31-22-21-20(23-12-24-22)15-9-17(28-2)18(29-3)10-16(15)26-21/h5-10,12,26H,4,11H2,1-3H3,(H,25,27). The van der Waals surface area contributed by atoms with Crippen LogP contribution in [0.25, 0.3) is 21.9 Å². The number of nitrogens with one attached hydrogen (secondary N) is 2. The van der Waals surface area contributed by atoms with Crippen molar-refractivity contribution in [2.24, 2.45) is 0 Å². The van der Waals surface area contributed by atoms with Crippen molar-refractivity contribution in [2.75, 3.05) is 31.9 Å². The van der Waals surface area contributed by atoms with Crippen molar-refractivity contribution in [1.29, 1.82) is 0 Å². The lowest BCUT2D eigenvalue weighted by Gasteiger charge is -2.07. The van der Waals surface area contributed by atoms with E-state index in [2.05, 4.69) is 20.3 Å². The van der Waals surface area contributed by atoms with E-state index >= 15 is 0 Å². The molecule has 0 saturated carbocycles. The number of nitrogens with zero attached hydrogens (tertiary/aromatic N) is 2. The zero-order valence-corrected chi connectivity index (χ0v) is 18.2. The van der Waals surface area contributed by atoms with Crippen LogP contribution in [0, 0.1) is 0 Å². The summed E-state index contributed by atoms with van der Waals surface area (Å²) in [7, 11) is 3.19. The molecule has 31 heavy (non-hydrogen) atoms. The molecule has 0 unspecified atom stereocenters. The van der Waals surface area contributed by atoms with Gasteiger partial charge in [-0.3, -0.25) is 4.79 Å². The molecule has 8 nitrogen and oxygen atoms in total. The molecular weight excluding hydrogens is 416 g/mol. The number of carbonyl (C=O) groups excluding carboxylic acids is 1. The Morgan fingerprint density at radius 1 is 1.10 bits per heavy atom. The topological polar surface area (TPSA) is 98.4 Å². The van der Waals surface area contributed by atoms with Crippen molar-refractivity contribution < 1.29 is 19.0 Å². The third-order valence-electron chi connectivity index (χ3n) is 4.64. The summed E-state index contributed by atoms with van der Waals surface area (Å²) in [5.74, 6) is 2.10. The molecule has 160 valence electrons. The van der Waals surface area contributed by atoms with Crippen molar-refractivity contribution in [3.8, 4) is 17.2 Å². The predicted molar refractivity (Wildman–Crippen MR) is 121 cm³/mol. The molecule has 2 heterocycles. The van der Waals surface area contributed by atoms with E-state index in [1.807, 2.05) is 43.3 Å². The van der Waals surface area contributed by atoms with E-state index in [-0.39, 0.29) is 11.7 Å². The quantitative estimate of drug-likeness (QED) is 0.313. The third kappa shape index (κ3) is 4.36. The molecule has 0 radical (unpaired) electrons. The van der Waals surface area contributed by atoms with Crippen LogP contribution >= 0.6 is 11.8 Å². The first-order chi connectivity index (χ1) is 15.1. The third-order valence-corrected chi connectivity index (χ3v) is 5.63. The summed E-state index contributed by atoms with van der Waals surface area (Å²) in [6, 6.07) is 11.0. The number of aromatic nitrogens is 3. The van der Waals surface area contributed by atoms with Gasteiger partial charge >= 0.3 is 0 Å². The van der Waals surface area contributed by atoms with Gasteiger partial charge in [0.1, 0.15) is 22.6 Å². The van der Waals surface area contributed by atoms with Crippen LogP contribution in [0.1, 0.15) is 6.92 Å². The fraction of sp³-hybridized carbons (Fsp3) is 0.227. The van der Waals surface area contributed by atoms with Crippen LogP contribution in [0.3, 0.4) is 0 Å². The lowest BCUT2D eigenvalue weighted by molar-refractivity contribution is -0.113. The SMILES string of the molecule is CCOc1ccc(NC(=O)CSc2ncnc3c2[nH]c2cc(OC)c(OC)cc23)cc1. The van der Waals surface area contributed by atoms with E-state index in [1.165, 1.54) is 18.1 Å².